The first-order chi connectivity index (χ1) is 8.54. The first kappa shape index (κ1) is 12.9. The number of rotatable bonds is 4. The minimum atomic E-state index is 0.0556. The molecule has 0 radical (unpaired) electrons. The zero-order valence-corrected chi connectivity index (χ0v) is 11.2. The molecule has 0 spiro atoms. The minimum absolute atomic E-state index is 0.0556. The lowest BCUT2D eigenvalue weighted by atomic mass is 10.1. The average molecular weight is 266 g/mol. The quantitative estimate of drug-likeness (QED) is 0.924. The molecule has 96 valence electrons. The van der Waals surface area contributed by atoms with Gasteiger partial charge in [0.15, 0.2) is 0 Å². The highest BCUT2D eigenvalue weighted by Gasteiger charge is 2.06. The highest BCUT2D eigenvalue weighted by molar-refractivity contribution is 6.30. The van der Waals surface area contributed by atoms with Gasteiger partial charge in [0.25, 0.3) is 0 Å². The van der Waals surface area contributed by atoms with Crippen molar-refractivity contribution in [3.05, 3.63) is 35.2 Å². The topological polar surface area (TPSA) is 46.4 Å². The second kappa shape index (κ2) is 5.40. The molecular formula is C13H16ClN3O. The van der Waals surface area contributed by atoms with Crippen LogP contribution < -0.4 is 5.32 Å². The van der Waals surface area contributed by atoms with E-state index >= 15 is 0 Å². The molecule has 4 nitrogen and oxygen atoms in total. The standard InChI is InChI=1S/C13H16ClN3O/c1-9(2)5-13(18)15-7-11-8-17-4-3-10(14)6-12(17)16-11/h3-4,6,8-9H,5,7H2,1-2H3,(H,15,18). The van der Waals surface area contributed by atoms with E-state index < -0.39 is 0 Å². The summed E-state index contributed by atoms with van der Waals surface area (Å²) < 4.78 is 1.88. The van der Waals surface area contributed by atoms with Gasteiger partial charge in [0.2, 0.25) is 5.91 Å². The van der Waals surface area contributed by atoms with Gasteiger partial charge in [0, 0.05) is 23.8 Å². The summed E-state index contributed by atoms with van der Waals surface area (Å²) in [6, 6.07) is 3.60. The Morgan fingerprint density at radius 1 is 1.56 bits per heavy atom. The molecule has 2 heterocycles. The SMILES string of the molecule is CC(C)CC(=O)NCc1cn2ccc(Cl)cc2n1. The maximum absolute atomic E-state index is 11.5. The molecule has 0 saturated heterocycles. The van der Waals surface area contributed by atoms with Crippen LogP contribution in [0.15, 0.2) is 24.5 Å². The summed E-state index contributed by atoms with van der Waals surface area (Å²) in [6.07, 6.45) is 4.28. The molecule has 0 unspecified atom stereocenters. The fraction of sp³-hybridized carbons (Fsp3) is 0.385. The second-order valence-electron chi connectivity index (χ2n) is 4.72. The van der Waals surface area contributed by atoms with Crippen LogP contribution in [-0.2, 0) is 11.3 Å². The average Bonchev–Trinajstić information content (AvgIpc) is 2.67. The number of aromatic nitrogens is 2. The Morgan fingerprint density at radius 2 is 2.33 bits per heavy atom. The second-order valence-corrected chi connectivity index (χ2v) is 5.15. The van der Waals surface area contributed by atoms with E-state index in [0.717, 1.165) is 11.3 Å². The highest BCUT2D eigenvalue weighted by atomic mass is 35.5. The van der Waals surface area contributed by atoms with Crippen molar-refractivity contribution in [2.45, 2.75) is 26.8 Å². The van der Waals surface area contributed by atoms with Gasteiger partial charge in [-0.3, -0.25) is 4.79 Å². The normalized spacial score (nSPS) is 11.1. The molecule has 0 atom stereocenters. The van der Waals surface area contributed by atoms with Crippen LogP contribution in [-0.4, -0.2) is 15.3 Å². The number of nitrogens with one attached hydrogen (secondary N) is 1. The van der Waals surface area contributed by atoms with Gasteiger partial charge < -0.3 is 9.72 Å². The molecule has 2 aromatic heterocycles. The summed E-state index contributed by atoms with van der Waals surface area (Å²) in [4.78, 5) is 15.9. The predicted octanol–water partition coefficient (Wildman–Crippen LogP) is 2.65. The van der Waals surface area contributed by atoms with Crippen LogP contribution in [0.1, 0.15) is 26.0 Å². The Kier molecular flexibility index (Phi) is 3.87. The van der Waals surface area contributed by atoms with E-state index in [-0.39, 0.29) is 5.91 Å². The van der Waals surface area contributed by atoms with Crippen molar-refractivity contribution >= 4 is 23.2 Å². The third kappa shape index (κ3) is 3.23. The van der Waals surface area contributed by atoms with Crippen molar-refractivity contribution in [1.29, 1.82) is 0 Å². The molecule has 1 N–H and O–H groups in total. The van der Waals surface area contributed by atoms with Gasteiger partial charge in [-0.15, -0.1) is 0 Å². The number of carbonyl (C=O) groups is 1. The number of fused-ring (bicyclic) bond motifs is 1. The number of hydrogen-bond donors (Lipinski definition) is 1. The number of amides is 1. The van der Waals surface area contributed by atoms with E-state index in [2.05, 4.69) is 10.3 Å². The van der Waals surface area contributed by atoms with Crippen molar-refractivity contribution < 1.29 is 4.79 Å². The first-order valence-corrected chi connectivity index (χ1v) is 6.32. The van der Waals surface area contributed by atoms with Gasteiger partial charge in [-0.25, -0.2) is 4.98 Å². The van der Waals surface area contributed by atoms with E-state index in [9.17, 15) is 4.79 Å². The molecule has 0 saturated carbocycles. The predicted molar refractivity (Wildman–Crippen MR) is 71.5 cm³/mol. The molecule has 2 rings (SSSR count). The van der Waals surface area contributed by atoms with E-state index in [1.165, 1.54) is 0 Å². The van der Waals surface area contributed by atoms with Gasteiger partial charge in [0.05, 0.1) is 12.2 Å². The number of hydrogen-bond acceptors (Lipinski definition) is 2. The zero-order valence-electron chi connectivity index (χ0n) is 10.5. The van der Waals surface area contributed by atoms with Crippen molar-refractivity contribution in [3.63, 3.8) is 0 Å². The molecule has 0 fully saturated rings. The van der Waals surface area contributed by atoms with Crippen molar-refractivity contribution in [3.8, 4) is 0 Å². The highest BCUT2D eigenvalue weighted by Crippen LogP contribution is 2.12. The molecule has 2 aromatic rings. The summed E-state index contributed by atoms with van der Waals surface area (Å²) in [5.41, 5.74) is 1.62. The number of nitrogens with zero attached hydrogens (tertiary/aromatic N) is 2. The van der Waals surface area contributed by atoms with Crippen molar-refractivity contribution in [2.24, 2.45) is 5.92 Å². The molecule has 1 amide bonds. The zero-order chi connectivity index (χ0) is 13.1. The Bertz CT molecular complexity index is 562. The van der Waals surface area contributed by atoms with Gasteiger partial charge >= 0.3 is 0 Å². The van der Waals surface area contributed by atoms with Crippen LogP contribution in [0.3, 0.4) is 0 Å². The lowest BCUT2D eigenvalue weighted by Crippen LogP contribution is -2.24. The molecule has 0 aliphatic carbocycles. The van der Waals surface area contributed by atoms with E-state index in [1.807, 2.05) is 30.6 Å². The number of pyridine rings is 1. The third-order valence-electron chi connectivity index (χ3n) is 2.53. The molecule has 0 aliphatic rings. The van der Waals surface area contributed by atoms with E-state index in [4.69, 9.17) is 11.6 Å². The van der Waals surface area contributed by atoms with Crippen LogP contribution in [0.25, 0.3) is 5.65 Å². The van der Waals surface area contributed by atoms with Gasteiger partial charge in [-0.1, -0.05) is 25.4 Å². The van der Waals surface area contributed by atoms with E-state index in [1.54, 1.807) is 12.1 Å². The number of halogens is 1. The fourth-order valence-electron chi connectivity index (χ4n) is 1.73. The number of imidazole rings is 1. The van der Waals surface area contributed by atoms with Gasteiger partial charge in [0.1, 0.15) is 5.65 Å². The molecule has 5 heteroatoms. The first-order valence-electron chi connectivity index (χ1n) is 5.94. The Morgan fingerprint density at radius 3 is 3.06 bits per heavy atom. The molecule has 0 bridgehead atoms. The summed E-state index contributed by atoms with van der Waals surface area (Å²) in [5.74, 6) is 0.421. The third-order valence-corrected chi connectivity index (χ3v) is 2.77. The van der Waals surface area contributed by atoms with Crippen LogP contribution >= 0.6 is 11.6 Å². The van der Waals surface area contributed by atoms with Crippen molar-refractivity contribution in [1.82, 2.24) is 14.7 Å². The summed E-state index contributed by atoms with van der Waals surface area (Å²) in [7, 11) is 0. The largest absolute Gasteiger partial charge is 0.350 e. The number of carbonyl (C=O) groups excluding carboxylic acids is 1. The minimum Gasteiger partial charge on any atom is -0.350 e. The molecule has 0 aliphatic heterocycles. The summed E-state index contributed by atoms with van der Waals surface area (Å²) in [6.45, 7) is 4.49. The van der Waals surface area contributed by atoms with Gasteiger partial charge in [-0.05, 0) is 18.1 Å². The Labute approximate surface area is 111 Å². The lowest BCUT2D eigenvalue weighted by molar-refractivity contribution is -0.121. The monoisotopic (exact) mass is 265 g/mol. The summed E-state index contributed by atoms with van der Waals surface area (Å²) in [5, 5.41) is 3.51. The van der Waals surface area contributed by atoms with Crippen LogP contribution in [0, 0.1) is 5.92 Å². The lowest BCUT2D eigenvalue weighted by Gasteiger charge is -2.04. The van der Waals surface area contributed by atoms with Crippen LogP contribution in [0.5, 0.6) is 0 Å². The Hall–Kier alpha value is -1.55. The maximum atomic E-state index is 11.5. The molecule has 0 aromatic carbocycles. The Balaban J connectivity index is 2.02. The summed E-state index contributed by atoms with van der Waals surface area (Å²) >= 11 is 5.89. The van der Waals surface area contributed by atoms with Crippen molar-refractivity contribution in [2.75, 3.05) is 0 Å². The van der Waals surface area contributed by atoms with E-state index in [0.29, 0.717) is 23.9 Å². The molecule has 18 heavy (non-hydrogen) atoms. The fourth-order valence-corrected chi connectivity index (χ4v) is 1.88. The van der Waals surface area contributed by atoms with Crippen LogP contribution in [0.4, 0.5) is 0 Å². The van der Waals surface area contributed by atoms with Crippen LogP contribution in [0.2, 0.25) is 5.02 Å². The van der Waals surface area contributed by atoms with Gasteiger partial charge in [-0.2, -0.15) is 0 Å². The maximum Gasteiger partial charge on any atom is 0.220 e. The smallest absolute Gasteiger partial charge is 0.220 e. The molecular weight excluding hydrogens is 250 g/mol.